The molecule has 0 atom stereocenters. The van der Waals surface area contributed by atoms with Gasteiger partial charge in [-0.25, -0.2) is 9.59 Å². The van der Waals surface area contributed by atoms with Gasteiger partial charge in [-0.1, -0.05) is 0 Å². The molecule has 2 heterocycles. The summed E-state index contributed by atoms with van der Waals surface area (Å²) in [5.41, 5.74) is 0.425. The van der Waals surface area contributed by atoms with Crippen LogP contribution in [0.2, 0.25) is 0 Å². The van der Waals surface area contributed by atoms with E-state index in [1.165, 1.54) is 0 Å². The molecule has 0 aromatic heterocycles. The number of ether oxygens (including phenoxy) is 4. The quantitative estimate of drug-likeness (QED) is 0.546. The summed E-state index contributed by atoms with van der Waals surface area (Å²) in [4.78, 5) is 20.4. The molecule has 2 aliphatic rings. The van der Waals surface area contributed by atoms with Crippen molar-refractivity contribution in [1.29, 1.82) is 0 Å². The lowest BCUT2D eigenvalue weighted by Crippen LogP contribution is -2.38. The molecule has 0 saturated carbocycles. The number of cyclic esters (lactones) is 4. The second kappa shape index (κ2) is 2.13. The molecule has 6 nitrogen and oxygen atoms in total. The van der Waals surface area contributed by atoms with Crippen molar-refractivity contribution in [2.45, 2.75) is 13.2 Å². The monoisotopic (exact) mass is 172 g/mol. The van der Waals surface area contributed by atoms with Crippen LogP contribution in [0.4, 0.5) is 9.59 Å². The molecule has 0 spiro atoms. The predicted molar refractivity (Wildman–Crippen MR) is 31.6 cm³/mol. The lowest BCUT2D eigenvalue weighted by Gasteiger charge is -2.28. The van der Waals surface area contributed by atoms with Crippen LogP contribution in [0.25, 0.3) is 0 Å². The molecule has 0 aromatic carbocycles. The number of carbonyl (C=O) groups is 2. The molecule has 0 radical (unpaired) electrons. The summed E-state index contributed by atoms with van der Waals surface area (Å²) < 4.78 is 17.9. The lowest BCUT2D eigenvalue weighted by molar-refractivity contribution is -0.166. The summed E-state index contributed by atoms with van der Waals surface area (Å²) in [5, 5.41) is 0. The minimum absolute atomic E-state index is 0.0394. The zero-order valence-electron chi connectivity index (χ0n) is 6.03. The maximum atomic E-state index is 10.2. The van der Waals surface area contributed by atoms with Crippen molar-refractivity contribution in [3.63, 3.8) is 0 Å². The Balaban J connectivity index is 2.00. The first-order valence-corrected chi connectivity index (χ1v) is 3.14. The highest BCUT2D eigenvalue weighted by molar-refractivity contribution is 5.69. The van der Waals surface area contributed by atoms with Gasteiger partial charge in [0.15, 0.2) is 0 Å². The molecule has 0 unspecified atom stereocenters. The van der Waals surface area contributed by atoms with Gasteiger partial charge in [0.1, 0.15) is 0 Å². The molecule has 2 saturated heterocycles. The maximum absolute atomic E-state index is 10.2. The van der Waals surface area contributed by atoms with E-state index in [1.54, 1.807) is 6.92 Å². The minimum atomic E-state index is -0.777. The fraction of sp³-hybridized carbons (Fsp3) is 0.333. The highest BCUT2D eigenvalue weighted by Gasteiger charge is 2.38. The van der Waals surface area contributed by atoms with E-state index in [9.17, 15) is 9.59 Å². The minimum Gasteiger partial charge on any atom is -0.389 e. The highest BCUT2D eigenvalue weighted by atomic mass is 16.9. The SMILES string of the molecule is CC(=C1OC(=O)O1)C1OC(=O)O1. The first-order valence-electron chi connectivity index (χ1n) is 3.14. The zero-order chi connectivity index (χ0) is 8.72. The van der Waals surface area contributed by atoms with Gasteiger partial charge in [0.05, 0.1) is 5.57 Å². The molecule has 2 rings (SSSR count). The Kier molecular flexibility index (Phi) is 1.24. The number of hydrogen-bond donors (Lipinski definition) is 0. The molecule has 0 N–H and O–H groups in total. The summed E-state index contributed by atoms with van der Waals surface area (Å²) >= 11 is 0. The van der Waals surface area contributed by atoms with Crippen LogP contribution < -0.4 is 0 Å². The van der Waals surface area contributed by atoms with Crippen LogP contribution in [-0.4, -0.2) is 18.6 Å². The molecule has 0 amide bonds. The van der Waals surface area contributed by atoms with Crippen molar-refractivity contribution in [2.24, 2.45) is 0 Å². The van der Waals surface area contributed by atoms with E-state index in [0.29, 0.717) is 5.57 Å². The Bertz CT molecular complexity index is 272. The Labute approximate surface area is 66.6 Å². The summed E-state index contributed by atoms with van der Waals surface area (Å²) in [5.74, 6) is 0.0394. The van der Waals surface area contributed by atoms with Crippen molar-refractivity contribution < 1.29 is 28.5 Å². The second-order valence-corrected chi connectivity index (χ2v) is 2.24. The van der Waals surface area contributed by atoms with Gasteiger partial charge in [0.25, 0.3) is 6.29 Å². The summed E-state index contributed by atoms with van der Waals surface area (Å²) in [6.45, 7) is 1.57. The van der Waals surface area contributed by atoms with Crippen LogP contribution in [0.15, 0.2) is 11.5 Å². The number of hydrogen-bond acceptors (Lipinski definition) is 6. The third-order valence-electron chi connectivity index (χ3n) is 1.43. The van der Waals surface area contributed by atoms with Gasteiger partial charge in [-0.05, 0) is 6.92 Å². The van der Waals surface area contributed by atoms with Gasteiger partial charge >= 0.3 is 18.3 Å². The third-order valence-corrected chi connectivity index (χ3v) is 1.43. The van der Waals surface area contributed by atoms with Gasteiger partial charge in [0.2, 0.25) is 0 Å². The Morgan fingerprint density at radius 1 is 1.17 bits per heavy atom. The molecule has 0 bridgehead atoms. The van der Waals surface area contributed by atoms with Crippen molar-refractivity contribution in [1.82, 2.24) is 0 Å². The van der Waals surface area contributed by atoms with E-state index < -0.39 is 18.6 Å². The normalized spacial score (nSPS) is 20.9. The molecular formula is C6H4O6. The third kappa shape index (κ3) is 0.884. The van der Waals surface area contributed by atoms with E-state index in [0.717, 1.165) is 0 Å². The predicted octanol–water partition coefficient (Wildman–Crippen LogP) is 0.878. The van der Waals surface area contributed by atoms with Crippen molar-refractivity contribution in [2.75, 3.05) is 0 Å². The summed E-state index contributed by atoms with van der Waals surface area (Å²) in [6, 6.07) is 0. The van der Waals surface area contributed by atoms with E-state index in [1.807, 2.05) is 0 Å². The van der Waals surface area contributed by atoms with Crippen LogP contribution in [0.5, 0.6) is 0 Å². The van der Waals surface area contributed by atoms with Crippen LogP contribution in [0, 0.1) is 0 Å². The van der Waals surface area contributed by atoms with Gasteiger partial charge in [-0.15, -0.1) is 0 Å². The molecule has 0 aliphatic carbocycles. The summed E-state index contributed by atoms with van der Waals surface area (Å²) in [6.07, 6.45) is -2.29. The van der Waals surface area contributed by atoms with Crippen LogP contribution in [0.1, 0.15) is 6.92 Å². The first-order chi connectivity index (χ1) is 5.66. The van der Waals surface area contributed by atoms with Crippen molar-refractivity contribution >= 4 is 12.3 Å². The Morgan fingerprint density at radius 3 is 2.17 bits per heavy atom. The Hall–Kier alpha value is -1.72. The lowest BCUT2D eigenvalue weighted by atomic mass is 10.3. The van der Waals surface area contributed by atoms with Crippen LogP contribution >= 0.6 is 0 Å². The first kappa shape index (κ1) is 6.96. The second-order valence-electron chi connectivity index (χ2n) is 2.24. The average molecular weight is 172 g/mol. The van der Waals surface area contributed by atoms with Gasteiger partial charge < -0.3 is 18.9 Å². The molecule has 2 fully saturated rings. The highest BCUT2D eigenvalue weighted by Crippen LogP contribution is 2.27. The standard InChI is InChI=1S/C6H4O6/c1-2(3-9-5(7)10-3)4-11-6(8)12-4/h3H,1H3. The fourth-order valence-corrected chi connectivity index (χ4v) is 0.777. The maximum Gasteiger partial charge on any atom is 0.524 e. The van der Waals surface area contributed by atoms with Gasteiger partial charge in [-0.2, -0.15) is 0 Å². The molecule has 6 heteroatoms. The number of carbonyl (C=O) groups excluding carboxylic acids is 2. The average Bonchev–Trinajstić information content (AvgIpc) is 1.91. The van der Waals surface area contributed by atoms with Gasteiger partial charge in [-0.3, -0.25) is 0 Å². The fourth-order valence-electron chi connectivity index (χ4n) is 0.777. The topological polar surface area (TPSA) is 71.1 Å². The molecule has 0 aromatic rings. The van der Waals surface area contributed by atoms with Crippen molar-refractivity contribution in [3.8, 4) is 0 Å². The van der Waals surface area contributed by atoms with Crippen LogP contribution in [0.3, 0.4) is 0 Å². The molecule has 2 aliphatic heterocycles. The van der Waals surface area contributed by atoms with E-state index in [-0.39, 0.29) is 5.95 Å². The molecule has 12 heavy (non-hydrogen) atoms. The number of rotatable bonds is 1. The summed E-state index contributed by atoms with van der Waals surface area (Å²) in [7, 11) is 0. The van der Waals surface area contributed by atoms with E-state index in [2.05, 4.69) is 18.9 Å². The largest absolute Gasteiger partial charge is 0.524 e. The van der Waals surface area contributed by atoms with Crippen molar-refractivity contribution in [3.05, 3.63) is 11.5 Å². The Morgan fingerprint density at radius 2 is 1.75 bits per heavy atom. The van der Waals surface area contributed by atoms with E-state index in [4.69, 9.17) is 0 Å². The molecular weight excluding hydrogens is 168 g/mol. The van der Waals surface area contributed by atoms with E-state index >= 15 is 0 Å². The smallest absolute Gasteiger partial charge is 0.389 e. The molecule has 64 valence electrons. The zero-order valence-corrected chi connectivity index (χ0v) is 6.03. The van der Waals surface area contributed by atoms with Gasteiger partial charge in [0, 0.05) is 0 Å². The van der Waals surface area contributed by atoms with Crippen LogP contribution in [-0.2, 0) is 18.9 Å².